The number of likely N-dealkylation sites (N-methyl/N-ethyl adjacent to an activating group) is 1. The van der Waals surface area contributed by atoms with E-state index in [2.05, 4.69) is 41.4 Å². The third-order valence-electron chi connectivity index (χ3n) is 4.16. The Morgan fingerprint density at radius 3 is 2.32 bits per heavy atom. The van der Waals surface area contributed by atoms with Crippen LogP contribution in [0.15, 0.2) is 54.6 Å². The van der Waals surface area contributed by atoms with Gasteiger partial charge in [0, 0.05) is 12.6 Å². The predicted octanol–water partition coefficient (Wildman–Crippen LogP) is 3.82. The van der Waals surface area contributed by atoms with Gasteiger partial charge in [-0.3, -0.25) is 4.79 Å². The van der Waals surface area contributed by atoms with Gasteiger partial charge in [-0.25, -0.2) is 4.39 Å². The minimum Gasteiger partial charge on any atom is -0.351 e. The number of hydrogen-bond acceptors (Lipinski definition) is 2. The zero-order valence-electron chi connectivity index (χ0n) is 15.0. The van der Waals surface area contributed by atoms with E-state index in [0.29, 0.717) is 6.54 Å². The minimum absolute atomic E-state index is 0.106. The molecule has 0 radical (unpaired) electrons. The van der Waals surface area contributed by atoms with Gasteiger partial charge in [-0.2, -0.15) is 0 Å². The molecule has 0 saturated carbocycles. The van der Waals surface area contributed by atoms with Gasteiger partial charge in [0.2, 0.25) is 5.91 Å². The molecule has 0 aliphatic carbocycles. The van der Waals surface area contributed by atoms with Crippen molar-refractivity contribution in [3.8, 4) is 0 Å². The summed E-state index contributed by atoms with van der Waals surface area (Å²) in [6, 6.07) is 14.6. The van der Waals surface area contributed by atoms with E-state index in [-0.39, 0.29) is 17.8 Å². The van der Waals surface area contributed by atoms with E-state index in [4.69, 9.17) is 0 Å². The molecule has 1 N–H and O–H groups in total. The maximum absolute atomic E-state index is 12.9. The highest BCUT2D eigenvalue weighted by Gasteiger charge is 2.14. The Morgan fingerprint density at radius 2 is 1.76 bits per heavy atom. The molecule has 0 fully saturated rings. The van der Waals surface area contributed by atoms with Gasteiger partial charge in [-0.05, 0) is 55.4 Å². The van der Waals surface area contributed by atoms with Crippen LogP contribution in [0.25, 0.3) is 6.08 Å². The lowest BCUT2D eigenvalue weighted by Crippen LogP contribution is -2.33. The van der Waals surface area contributed by atoms with Crippen molar-refractivity contribution in [1.82, 2.24) is 10.2 Å². The van der Waals surface area contributed by atoms with Crippen LogP contribution in [0.4, 0.5) is 4.39 Å². The summed E-state index contributed by atoms with van der Waals surface area (Å²) in [5, 5.41) is 2.93. The summed E-state index contributed by atoms with van der Waals surface area (Å²) in [5.74, 6) is -0.453. The Morgan fingerprint density at radius 1 is 1.12 bits per heavy atom. The van der Waals surface area contributed by atoms with Crippen LogP contribution in [0.3, 0.4) is 0 Å². The molecule has 0 aliphatic heterocycles. The molecule has 0 spiro atoms. The molecule has 2 aromatic carbocycles. The van der Waals surface area contributed by atoms with E-state index in [9.17, 15) is 9.18 Å². The number of nitrogens with one attached hydrogen (secondary N) is 1. The van der Waals surface area contributed by atoms with Gasteiger partial charge in [-0.15, -0.1) is 0 Å². The van der Waals surface area contributed by atoms with Crippen molar-refractivity contribution in [1.29, 1.82) is 0 Å². The van der Waals surface area contributed by atoms with Crippen molar-refractivity contribution in [3.63, 3.8) is 0 Å². The number of halogens is 1. The van der Waals surface area contributed by atoms with Crippen LogP contribution in [0.2, 0.25) is 0 Å². The number of hydrogen-bond donors (Lipinski definition) is 1. The molecular weight excluding hydrogens is 315 g/mol. The summed E-state index contributed by atoms with van der Waals surface area (Å²) in [6.45, 7) is 2.65. The first-order valence-electron chi connectivity index (χ1n) is 8.46. The molecule has 2 aromatic rings. The average Bonchev–Trinajstić information content (AvgIpc) is 2.61. The average molecular weight is 340 g/mol. The molecule has 0 aliphatic rings. The summed E-state index contributed by atoms with van der Waals surface area (Å²) in [5.41, 5.74) is 3.26. The van der Waals surface area contributed by atoms with Crippen LogP contribution in [0.1, 0.15) is 29.7 Å². The summed E-state index contributed by atoms with van der Waals surface area (Å²) in [4.78, 5) is 14.1. The van der Waals surface area contributed by atoms with E-state index in [1.807, 2.05) is 14.1 Å². The lowest BCUT2D eigenvalue weighted by Gasteiger charge is -2.25. The first-order valence-corrected chi connectivity index (χ1v) is 8.46. The molecule has 2 rings (SSSR count). The van der Waals surface area contributed by atoms with E-state index in [1.165, 1.54) is 29.3 Å². The van der Waals surface area contributed by atoms with Gasteiger partial charge >= 0.3 is 0 Å². The molecule has 1 amide bonds. The quantitative estimate of drug-likeness (QED) is 0.777. The fourth-order valence-corrected chi connectivity index (χ4v) is 2.58. The Balaban J connectivity index is 1.95. The second-order valence-corrected chi connectivity index (χ2v) is 6.20. The smallest absolute Gasteiger partial charge is 0.244 e. The number of amides is 1. The number of aryl methyl sites for hydroxylation is 1. The van der Waals surface area contributed by atoms with Gasteiger partial charge in [0.1, 0.15) is 5.82 Å². The lowest BCUT2D eigenvalue weighted by molar-refractivity contribution is -0.116. The second-order valence-electron chi connectivity index (χ2n) is 6.20. The molecule has 0 aromatic heterocycles. The van der Waals surface area contributed by atoms with Gasteiger partial charge < -0.3 is 10.2 Å². The van der Waals surface area contributed by atoms with Crippen LogP contribution in [0, 0.1) is 5.82 Å². The highest BCUT2D eigenvalue weighted by molar-refractivity contribution is 5.91. The number of benzene rings is 2. The fraction of sp³-hybridized carbons (Fsp3) is 0.286. The van der Waals surface area contributed by atoms with E-state index in [0.717, 1.165) is 12.0 Å². The first-order chi connectivity index (χ1) is 12.0. The van der Waals surface area contributed by atoms with Crippen molar-refractivity contribution >= 4 is 12.0 Å². The zero-order valence-corrected chi connectivity index (χ0v) is 15.0. The molecule has 132 valence electrons. The Labute approximate surface area is 149 Å². The van der Waals surface area contributed by atoms with Crippen molar-refractivity contribution in [2.24, 2.45) is 0 Å². The van der Waals surface area contributed by atoms with Crippen molar-refractivity contribution in [3.05, 3.63) is 77.1 Å². The Hall–Kier alpha value is -2.46. The summed E-state index contributed by atoms with van der Waals surface area (Å²) in [7, 11) is 4.00. The molecule has 4 heteroatoms. The van der Waals surface area contributed by atoms with Crippen LogP contribution >= 0.6 is 0 Å². The fourth-order valence-electron chi connectivity index (χ4n) is 2.58. The highest BCUT2D eigenvalue weighted by Crippen LogP contribution is 2.18. The molecular formula is C21H25FN2O. The van der Waals surface area contributed by atoms with Gasteiger partial charge in [0.05, 0.1) is 6.04 Å². The van der Waals surface area contributed by atoms with Crippen LogP contribution in [-0.2, 0) is 11.2 Å². The molecule has 1 unspecified atom stereocenters. The number of rotatable bonds is 7. The monoisotopic (exact) mass is 340 g/mol. The molecule has 3 nitrogen and oxygen atoms in total. The summed E-state index contributed by atoms with van der Waals surface area (Å²) >= 11 is 0. The summed E-state index contributed by atoms with van der Waals surface area (Å²) in [6.07, 6.45) is 4.16. The molecule has 0 heterocycles. The number of carbonyl (C=O) groups excluding carboxylic acids is 1. The molecule has 0 bridgehead atoms. The normalized spacial score (nSPS) is 12.5. The summed E-state index contributed by atoms with van der Waals surface area (Å²) < 4.78 is 12.9. The van der Waals surface area contributed by atoms with Crippen LogP contribution in [0.5, 0.6) is 0 Å². The second kappa shape index (κ2) is 9.14. The Bertz CT molecular complexity index is 706. The molecule has 25 heavy (non-hydrogen) atoms. The Kier molecular flexibility index (Phi) is 6.90. The topological polar surface area (TPSA) is 32.3 Å². The molecule has 0 saturated heterocycles. The largest absolute Gasteiger partial charge is 0.351 e. The first kappa shape index (κ1) is 18.9. The molecule has 1 atom stereocenters. The lowest BCUT2D eigenvalue weighted by atomic mass is 10.0. The predicted molar refractivity (Wildman–Crippen MR) is 101 cm³/mol. The van der Waals surface area contributed by atoms with Crippen molar-refractivity contribution in [2.45, 2.75) is 19.4 Å². The van der Waals surface area contributed by atoms with Crippen molar-refractivity contribution < 1.29 is 9.18 Å². The third kappa shape index (κ3) is 5.84. The number of carbonyl (C=O) groups is 1. The van der Waals surface area contributed by atoms with E-state index >= 15 is 0 Å². The maximum atomic E-state index is 12.9. The van der Waals surface area contributed by atoms with Gasteiger partial charge in [-0.1, -0.05) is 43.3 Å². The van der Waals surface area contributed by atoms with Crippen LogP contribution in [-0.4, -0.2) is 31.4 Å². The van der Waals surface area contributed by atoms with E-state index in [1.54, 1.807) is 18.2 Å². The SMILES string of the molecule is CCc1ccc(C(CNC(=O)C=Cc2ccc(F)cc2)N(C)C)cc1. The minimum atomic E-state index is -0.287. The van der Waals surface area contributed by atoms with E-state index < -0.39 is 0 Å². The van der Waals surface area contributed by atoms with Gasteiger partial charge in [0.25, 0.3) is 0 Å². The van der Waals surface area contributed by atoms with Gasteiger partial charge in [0.15, 0.2) is 0 Å². The third-order valence-corrected chi connectivity index (χ3v) is 4.16. The standard InChI is InChI=1S/C21H25FN2O/c1-4-16-5-10-18(11-6-16)20(24(2)3)15-23-21(25)14-9-17-7-12-19(22)13-8-17/h5-14,20H,4,15H2,1-3H3,(H,23,25). The van der Waals surface area contributed by atoms with Crippen LogP contribution < -0.4 is 5.32 Å². The van der Waals surface area contributed by atoms with Crippen molar-refractivity contribution in [2.75, 3.05) is 20.6 Å². The maximum Gasteiger partial charge on any atom is 0.244 e. The highest BCUT2D eigenvalue weighted by atomic mass is 19.1. The zero-order chi connectivity index (χ0) is 18.2. The number of nitrogens with zero attached hydrogens (tertiary/aromatic N) is 1.